The van der Waals surface area contributed by atoms with Crippen LogP contribution in [0.4, 0.5) is 5.00 Å². The van der Waals surface area contributed by atoms with Gasteiger partial charge < -0.3 is 19.5 Å². The fraction of sp³-hybridized carbons (Fsp3) is 0.500. The number of carbonyl (C=O) groups is 3. The summed E-state index contributed by atoms with van der Waals surface area (Å²) in [6, 6.07) is 0. The predicted octanol–water partition coefficient (Wildman–Crippen LogP) is 1.62. The number of rotatable bonds is 4. The van der Waals surface area contributed by atoms with Gasteiger partial charge in [0.2, 0.25) is 11.7 Å². The number of nitrogens with zero attached hydrogens (tertiary/aromatic N) is 4. The summed E-state index contributed by atoms with van der Waals surface area (Å²) in [6.07, 6.45) is 2.30. The summed E-state index contributed by atoms with van der Waals surface area (Å²) in [6.45, 7) is 5.19. The van der Waals surface area contributed by atoms with Crippen molar-refractivity contribution in [2.24, 2.45) is 0 Å². The second-order valence-corrected chi connectivity index (χ2v) is 7.87. The van der Waals surface area contributed by atoms with Crippen molar-refractivity contribution in [3.63, 3.8) is 0 Å². The standard InChI is InChI=1S/C18H21N5O4S/c1-3-27-18(26)14-11-6-8-22(10(2)24)9-12(11)28-17(14)19-16(25)15-21-20-13-5-4-7-23(13)15/h3-9H2,1-2H3,(H,19,25). The van der Waals surface area contributed by atoms with Crippen molar-refractivity contribution in [1.82, 2.24) is 19.7 Å². The van der Waals surface area contributed by atoms with E-state index in [1.807, 2.05) is 4.57 Å². The largest absolute Gasteiger partial charge is 0.462 e. The molecule has 28 heavy (non-hydrogen) atoms. The molecule has 0 saturated heterocycles. The molecule has 4 rings (SSSR count). The Balaban J connectivity index is 1.66. The number of ether oxygens (including phenoxy) is 1. The molecule has 2 aromatic rings. The maximum Gasteiger partial charge on any atom is 0.341 e. The zero-order valence-corrected chi connectivity index (χ0v) is 16.6. The van der Waals surface area contributed by atoms with Crippen LogP contribution in [0.3, 0.4) is 0 Å². The quantitative estimate of drug-likeness (QED) is 0.778. The maximum absolute atomic E-state index is 12.8. The number of aromatic nitrogens is 3. The van der Waals surface area contributed by atoms with E-state index in [0.29, 0.717) is 36.6 Å². The topological polar surface area (TPSA) is 106 Å². The van der Waals surface area contributed by atoms with Gasteiger partial charge in [0.15, 0.2) is 0 Å². The number of hydrogen-bond donors (Lipinski definition) is 1. The highest BCUT2D eigenvalue weighted by molar-refractivity contribution is 7.17. The van der Waals surface area contributed by atoms with Crippen LogP contribution in [-0.4, -0.2) is 50.6 Å². The van der Waals surface area contributed by atoms with Crippen LogP contribution in [0.25, 0.3) is 0 Å². The molecule has 0 atom stereocenters. The first-order chi connectivity index (χ1) is 13.5. The molecule has 0 unspecified atom stereocenters. The lowest BCUT2D eigenvalue weighted by molar-refractivity contribution is -0.129. The van der Waals surface area contributed by atoms with Crippen LogP contribution >= 0.6 is 11.3 Å². The Morgan fingerprint density at radius 1 is 1.21 bits per heavy atom. The fourth-order valence-electron chi connectivity index (χ4n) is 3.66. The highest BCUT2D eigenvalue weighted by Crippen LogP contribution is 2.38. The molecule has 0 bridgehead atoms. The molecule has 0 spiro atoms. The molecule has 2 aliphatic rings. The molecule has 0 aromatic carbocycles. The summed E-state index contributed by atoms with van der Waals surface area (Å²) in [5, 5.41) is 11.3. The normalized spacial score (nSPS) is 15.1. The van der Waals surface area contributed by atoms with E-state index in [4.69, 9.17) is 4.74 Å². The molecule has 4 heterocycles. The molecule has 0 aliphatic carbocycles. The minimum atomic E-state index is -0.460. The van der Waals surface area contributed by atoms with Crippen molar-refractivity contribution in [3.05, 3.63) is 27.7 Å². The van der Waals surface area contributed by atoms with Gasteiger partial charge in [-0.15, -0.1) is 21.5 Å². The van der Waals surface area contributed by atoms with Crippen LogP contribution in [-0.2, 0) is 35.5 Å². The van der Waals surface area contributed by atoms with Gasteiger partial charge >= 0.3 is 5.97 Å². The van der Waals surface area contributed by atoms with Crippen LogP contribution in [0.1, 0.15) is 57.5 Å². The van der Waals surface area contributed by atoms with Crippen LogP contribution in [0.2, 0.25) is 0 Å². The highest BCUT2D eigenvalue weighted by atomic mass is 32.1. The average Bonchev–Trinajstić information content (AvgIpc) is 3.34. The summed E-state index contributed by atoms with van der Waals surface area (Å²) in [5.74, 6) is 0.185. The lowest BCUT2D eigenvalue weighted by Gasteiger charge is -2.25. The summed E-state index contributed by atoms with van der Waals surface area (Å²) in [4.78, 5) is 39.7. The van der Waals surface area contributed by atoms with E-state index >= 15 is 0 Å². The van der Waals surface area contributed by atoms with Gasteiger partial charge in [-0.2, -0.15) is 0 Å². The van der Waals surface area contributed by atoms with Crippen LogP contribution in [0.5, 0.6) is 0 Å². The number of anilines is 1. The molecule has 2 aliphatic heterocycles. The average molecular weight is 403 g/mol. The minimum Gasteiger partial charge on any atom is -0.462 e. The first kappa shape index (κ1) is 18.6. The number of hydrogen-bond acceptors (Lipinski definition) is 7. The van der Waals surface area contributed by atoms with Gasteiger partial charge in [0.1, 0.15) is 10.8 Å². The lowest BCUT2D eigenvalue weighted by atomic mass is 10.0. The van der Waals surface area contributed by atoms with Gasteiger partial charge in [-0.1, -0.05) is 0 Å². The van der Waals surface area contributed by atoms with E-state index in [9.17, 15) is 14.4 Å². The molecule has 2 aromatic heterocycles. The zero-order valence-electron chi connectivity index (χ0n) is 15.8. The van der Waals surface area contributed by atoms with Gasteiger partial charge in [0.05, 0.1) is 18.7 Å². The third-order valence-corrected chi connectivity index (χ3v) is 6.15. The molecule has 0 fully saturated rings. The van der Waals surface area contributed by atoms with Gasteiger partial charge in [0, 0.05) is 31.3 Å². The van der Waals surface area contributed by atoms with Gasteiger partial charge in [-0.25, -0.2) is 4.79 Å². The Hall–Kier alpha value is -2.75. The van der Waals surface area contributed by atoms with Gasteiger partial charge in [-0.05, 0) is 25.3 Å². The Kier molecular flexibility index (Phi) is 4.88. The van der Waals surface area contributed by atoms with Gasteiger partial charge in [-0.3, -0.25) is 9.59 Å². The van der Waals surface area contributed by atoms with E-state index in [2.05, 4.69) is 15.5 Å². The number of amides is 2. The fourth-order valence-corrected chi connectivity index (χ4v) is 4.90. The molecular weight excluding hydrogens is 382 g/mol. The summed E-state index contributed by atoms with van der Waals surface area (Å²) in [5.41, 5.74) is 1.24. The molecule has 1 N–H and O–H groups in total. The first-order valence-electron chi connectivity index (χ1n) is 9.30. The molecule has 0 radical (unpaired) electrons. The van der Waals surface area contributed by atoms with E-state index < -0.39 is 11.9 Å². The van der Waals surface area contributed by atoms with Crippen LogP contribution in [0.15, 0.2) is 0 Å². The van der Waals surface area contributed by atoms with Crippen molar-refractivity contribution < 1.29 is 19.1 Å². The van der Waals surface area contributed by atoms with Crippen molar-refractivity contribution in [2.75, 3.05) is 18.5 Å². The third-order valence-electron chi connectivity index (χ3n) is 5.02. The second-order valence-electron chi connectivity index (χ2n) is 6.77. The van der Waals surface area contributed by atoms with E-state index in [1.54, 1.807) is 11.8 Å². The number of carbonyl (C=O) groups excluding carboxylic acids is 3. The Morgan fingerprint density at radius 3 is 2.79 bits per heavy atom. The van der Waals surface area contributed by atoms with Crippen LogP contribution < -0.4 is 5.32 Å². The molecule has 10 heteroatoms. The third kappa shape index (κ3) is 3.17. The van der Waals surface area contributed by atoms with Gasteiger partial charge in [0.25, 0.3) is 5.91 Å². The number of esters is 1. The summed E-state index contributed by atoms with van der Waals surface area (Å²) < 4.78 is 7.03. The number of fused-ring (bicyclic) bond motifs is 2. The highest BCUT2D eigenvalue weighted by Gasteiger charge is 2.31. The number of thiophene rings is 1. The molecule has 0 saturated carbocycles. The first-order valence-corrected chi connectivity index (χ1v) is 10.1. The SMILES string of the molecule is CCOC(=O)c1c(NC(=O)c2nnc3n2CCC3)sc2c1CCN(C(C)=O)C2. The molecule has 9 nitrogen and oxygen atoms in total. The minimum absolute atomic E-state index is 0.0126. The second kappa shape index (κ2) is 7.34. The monoisotopic (exact) mass is 403 g/mol. The van der Waals surface area contributed by atoms with Crippen molar-refractivity contribution in [3.8, 4) is 0 Å². The Bertz CT molecular complexity index is 964. The number of nitrogens with one attached hydrogen (secondary N) is 1. The predicted molar refractivity (Wildman–Crippen MR) is 101 cm³/mol. The lowest BCUT2D eigenvalue weighted by Crippen LogP contribution is -2.34. The van der Waals surface area contributed by atoms with Crippen molar-refractivity contribution >= 4 is 34.1 Å². The molecular formula is C18H21N5O4S. The number of aryl methyl sites for hydroxylation is 1. The molecule has 2 amide bonds. The summed E-state index contributed by atoms with van der Waals surface area (Å²) in [7, 11) is 0. The smallest absolute Gasteiger partial charge is 0.341 e. The van der Waals surface area contributed by atoms with Crippen molar-refractivity contribution in [2.45, 2.75) is 46.2 Å². The maximum atomic E-state index is 12.8. The summed E-state index contributed by atoms with van der Waals surface area (Å²) >= 11 is 1.31. The van der Waals surface area contributed by atoms with Crippen LogP contribution in [0, 0.1) is 0 Å². The van der Waals surface area contributed by atoms with Crippen molar-refractivity contribution in [1.29, 1.82) is 0 Å². The Morgan fingerprint density at radius 2 is 2.04 bits per heavy atom. The van der Waals surface area contributed by atoms with E-state index in [0.717, 1.165) is 29.1 Å². The van der Waals surface area contributed by atoms with E-state index in [-0.39, 0.29) is 18.3 Å². The zero-order chi connectivity index (χ0) is 19.8. The van der Waals surface area contributed by atoms with E-state index in [1.165, 1.54) is 18.3 Å². The Labute approximate surface area is 165 Å². The molecule has 148 valence electrons.